The van der Waals surface area contributed by atoms with Crippen molar-refractivity contribution in [3.63, 3.8) is 0 Å². The van der Waals surface area contributed by atoms with Crippen molar-refractivity contribution < 1.29 is 27.4 Å². The molecule has 30 heavy (non-hydrogen) atoms. The minimum atomic E-state index is -4.58. The van der Waals surface area contributed by atoms with Crippen molar-refractivity contribution in [1.82, 2.24) is 0 Å². The Kier molecular flexibility index (Phi) is 6.52. The van der Waals surface area contributed by atoms with Crippen molar-refractivity contribution >= 4 is 23.2 Å². The molecule has 0 saturated carbocycles. The van der Waals surface area contributed by atoms with Gasteiger partial charge in [0, 0.05) is 10.6 Å². The highest BCUT2D eigenvalue weighted by molar-refractivity contribution is 6.30. The number of nitrogens with one attached hydrogen (secondary N) is 1. The number of amides is 1. The number of para-hydroxylation sites is 1. The first kappa shape index (κ1) is 21.5. The van der Waals surface area contributed by atoms with Crippen LogP contribution >= 0.6 is 11.6 Å². The second kappa shape index (κ2) is 9.09. The van der Waals surface area contributed by atoms with Gasteiger partial charge in [-0.25, -0.2) is 0 Å². The van der Waals surface area contributed by atoms with E-state index in [2.05, 4.69) is 5.32 Å². The Labute approximate surface area is 176 Å². The van der Waals surface area contributed by atoms with E-state index in [9.17, 15) is 18.0 Å². The quantitative estimate of drug-likeness (QED) is 0.501. The number of hydrogen-bond acceptors (Lipinski definition) is 3. The van der Waals surface area contributed by atoms with E-state index in [1.807, 2.05) is 12.1 Å². The van der Waals surface area contributed by atoms with E-state index >= 15 is 0 Å². The number of rotatable bonds is 6. The van der Waals surface area contributed by atoms with Gasteiger partial charge in [-0.2, -0.15) is 13.2 Å². The Bertz CT molecular complexity index is 1040. The van der Waals surface area contributed by atoms with Gasteiger partial charge in [0.2, 0.25) is 0 Å². The molecule has 1 amide bonds. The van der Waals surface area contributed by atoms with E-state index in [0.717, 1.165) is 11.6 Å². The Balaban J connectivity index is 1.76. The molecule has 3 aromatic rings. The third kappa shape index (κ3) is 5.24. The molecule has 0 heterocycles. The second-order valence-electron chi connectivity index (χ2n) is 6.28. The highest BCUT2D eigenvalue weighted by atomic mass is 35.5. The van der Waals surface area contributed by atoms with Gasteiger partial charge in [-0.15, -0.1) is 0 Å². The van der Waals surface area contributed by atoms with E-state index in [4.69, 9.17) is 21.1 Å². The topological polar surface area (TPSA) is 47.6 Å². The fourth-order valence-electron chi connectivity index (χ4n) is 2.70. The highest BCUT2D eigenvalue weighted by Gasteiger charge is 2.33. The molecule has 0 aliphatic rings. The molecular formula is C22H17ClF3NO3. The number of halogens is 4. The molecule has 0 aliphatic heterocycles. The van der Waals surface area contributed by atoms with Crippen molar-refractivity contribution in [3.05, 3.63) is 88.4 Å². The van der Waals surface area contributed by atoms with Crippen molar-refractivity contribution in [2.45, 2.75) is 12.8 Å². The fraction of sp³-hybridized carbons (Fsp3) is 0.136. The van der Waals surface area contributed by atoms with Crippen LogP contribution in [0.3, 0.4) is 0 Å². The van der Waals surface area contributed by atoms with Crippen LogP contribution in [-0.2, 0) is 12.8 Å². The van der Waals surface area contributed by atoms with Crippen LogP contribution in [0, 0.1) is 0 Å². The van der Waals surface area contributed by atoms with Gasteiger partial charge in [0.25, 0.3) is 5.91 Å². The predicted molar refractivity (Wildman–Crippen MR) is 108 cm³/mol. The van der Waals surface area contributed by atoms with E-state index < -0.39 is 17.6 Å². The van der Waals surface area contributed by atoms with Crippen molar-refractivity contribution in [1.29, 1.82) is 0 Å². The number of carbonyl (C=O) groups excluding carboxylic acids is 1. The van der Waals surface area contributed by atoms with Crippen molar-refractivity contribution in [2.75, 3.05) is 12.4 Å². The lowest BCUT2D eigenvalue weighted by Crippen LogP contribution is -2.16. The third-order valence-electron chi connectivity index (χ3n) is 4.21. The Hall–Kier alpha value is -3.19. The summed E-state index contributed by atoms with van der Waals surface area (Å²) < 4.78 is 50.4. The monoisotopic (exact) mass is 435 g/mol. The minimum Gasteiger partial charge on any atom is -0.493 e. The lowest BCUT2D eigenvalue weighted by molar-refractivity contribution is -0.136. The van der Waals surface area contributed by atoms with Gasteiger partial charge in [-0.05, 0) is 48.0 Å². The summed E-state index contributed by atoms with van der Waals surface area (Å²) >= 11 is 5.86. The summed E-state index contributed by atoms with van der Waals surface area (Å²) in [5, 5.41) is 2.91. The highest BCUT2D eigenvalue weighted by Crippen LogP contribution is 2.35. The molecular weight excluding hydrogens is 419 g/mol. The third-order valence-corrected chi connectivity index (χ3v) is 4.47. The van der Waals surface area contributed by atoms with Gasteiger partial charge < -0.3 is 14.8 Å². The summed E-state index contributed by atoms with van der Waals surface area (Å²) in [6.07, 6.45) is -4.58. The number of hydrogen-bond donors (Lipinski definition) is 1. The first-order valence-electron chi connectivity index (χ1n) is 8.81. The Morgan fingerprint density at radius 3 is 2.37 bits per heavy atom. The average Bonchev–Trinajstić information content (AvgIpc) is 2.73. The van der Waals surface area contributed by atoms with Crippen LogP contribution in [-0.4, -0.2) is 13.0 Å². The summed E-state index contributed by atoms with van der Waals surface area (Å²) in [4.78, 5) is 12.5. The Morgan fingerprint density at radius 1 is 1.00 bits per heavy atom. The summed E-state index contributed by atoms with van der Waals surface area (Å²) in [6, 6.07) is 16.3. The molecule has 3 aromatic carbocycles. The number of anilines is 1. The van der Waals surface area contributed by atoms with E-state index in [1.165, 1.54) is 43.5 Å². The standard InChI is InChI=1S/C22H17ClF3NO3/c1-29-20-12-15(8-11-19(20)30-13-14-6-9-16(23)10-7-14)21(28)27-18-5-3-2-4-17(18)22(24,25)26/h2-12H,13H2,1H3,(H,27,28). The molecule has 0 atom stereocenters. The second-order valence-corrected chi connectivity index (χ2v) is 6.71. The summed E-state index contributed by atoms with van der Waals surface area (Å²) in [6.45, 7) is 0.248. The van der Waals surface area contributed by atoms with E-state index in [0.29, 0.717) is 10.8 Å². The molecule has 0 spiro atoms. The lowest BCUT2D eigenvalue weighted by Gasteiger charge is -2.15. The van der Waals surface area contributed by atoms with Crippen LogP contribution < -0.4 is 14.8 Å². The SMILES string of the molecule is COc1cc(C(=O)Nc2ccccc2C(F)(F)F)ccc1OCc1ccc(Cl)cc1. The van der Waals surface area contributed by atoms with Gasteiger partial charge in [-0.1, -0.05) is 35.9 Å². The lowest BCUT2D eigenvalue weighted by atomic mass is 10.1. The molecule has 0 fully saturated rings. The molecule has 3 rings (SSSR count). The van der Waals surface area contributed by atoms with Crippen molar-refractivity contribution in [2.24, 2.45) is 0 Å². The van der Waals surface area contributed by atoms with Crippen LogP contribution in [0.5, 0.6) is 11.5 Å². The number of benzene rings is 3. The minimum absolute atomic E-state index is 0.127. The number of alkyl halides is 3. The van der Waals surface area contributed by atoms with E-state index in [1.54, 1.807) is 12.1 Å². The molecule has 0 aromatic heterocycles. The maximum absolute atomic E-state index is 13.1. The van der Waals surface area contributed by atoms with Gasteiger partial charge in [0.1, 0.15) is 6.61 Å². The van der Waals surface area contributed by atoms with Gasteiger partial charge in [-0.3, -0.25) is 4.79 Å². The van der Waals surface area contributed by atoms with Crippen molar-refractivity contribution in [3.8, 4) is 11.5 Å². The molecule has 8 heteroatoms. The molecule has 0 bridgehead atoms. The predicted octanol–water partition coefficient (Wildman–Crippen LogP) is 6.20. The first-order valence-corrected chi connectivity index (χ1v) is 9.18. The summed E-state index contributed by atoms with van der Waals surface area (Å²) in [5.41, 5.74) is -0.236. The smallest absolute Gasteiger partial charge is 0.418 e. The molecule has 156 valence electrons. The van der Waals surface area contributed by atoms with Gasteiger partial charge >= 0.3 is 6.18 Å². The molecule has 0 saturated heterocycles. The summed E-state index contributed by atoms with van der Waals surface area (Å²) in [5.74, 6) is -0.0327. The number of carbonyl (C=O) groups is 1. The largest absolute Gasteiger partial charge is 0.493 e. The molecule has 0 aliphatic carbocycles. The number of methoxy groups -OCH3 is 1. The zero-order valence-electron chi connectivity index (χ0n) is 15.8. The van der Waals surface area contributed by atoms with Crippen LogP contribution in [0.25, 0.3) is 0 Å². The first-order chi connectivity index (χ1) is 14.3. The van der Waals surface area contributed by atoms with Gasteiger partial charge in [0.05, 0.1) is 18.4 Å². The van der Waals surface area contributed by atoms with Crippen LogP contribution in [0.15, 0.2) is 66.7 Å². The van der Waals surface area contributed by atoms with Crippen LogP contribution in [0.2, 0.25) is 5.02 Å². The van der Waals surface area contributed by atoms with E-state index in [-0.39, 0.29) is 23.6 Å². The van der Waals surface area contributed by atoms with Gasteiger partial charge in [0.15, 0.2) is 11.5 Å². The maximum Gasteiger partial charge on any atom is 0.418 e. The molecule has 4 nitrogen and oxygen atoms in total. The van der Waals surface area contributed by atoms with Crippen LogP contribution in [0.4, 0.5) is 18.9 Å². The zero-order chi connectivity index (χ0) is 21.7. The maximum atomic E-state index is 13.1. The molecule has 0 unspecified atom stereocenters. The summed E-state index contributed by atoms with van der Waals surface area (Å²) in [7, 11) is 1.41. The Morgan fingerprint density at radius 2 is 1.70 bits per heavy atom. The number of ether oxygens (including phenoxy) is 2. The molecule has 0 radical (unpaired) electrons. The molecule has 1 N–H and O–H groups in total. The van der Waals surface area contributed by atoms with Crippen LogP contribution in [0.1, 0.15) is 21.5 Å². The zero-order valence-corrected chi connectivity index (χ0v) is 16.6. The average molecular weight is 436 g/mol. The normalized spacial score (nSPS) is 11.1. The fourth-order valence-corrected chi connectivity index (χ4v) is 2.83.